The van der Waals surface area contributed by atoms with E-state index in [9.17, 15) is 4.79 Å². The molecule has 0 aliphatic heterocycles. The van der Waals surface area contributed by atoms with E-state index < -0.39 is 0 Å². The molecule has 122 valence electrons. The Morgan fingerprint density at radius 3 is 2.52 bits per heavy atom. The lowest BCUT2D eigenvalue weighted by molar-refractivity contribution is -0.872. The van der Waals surface area contributed by atoms with E-state index in [4.69, 9.17) is 4.74 Å². The van der Waals surface area contributed by atoms with E-state index in [0.717, 1.165) is 23.4 Å². The van der Waals surface area contributed by atoms with Crippen molar-refractivity contribution in [3.05, 3.63) is 65.2 Å². The van der Waals surface area contributed by atoms with E-state index in [2.05, 4.69) is 31.5 Å². The number of nitrogens with one attached hydrogen (secondary N) is 2. The molecule has 0 heterocycles. The fourth-order valence-electron chi connectivity index (χ4n) is 2.38. The summed E-state index contributed by atoms with van der Waals surface area (Å²) in [6.45, 7) is 3.49. The Bertz CT molecular complexity index is 653. The van der Waals surface area contributed by atoms with Crippen molar-refractivity contribution in [2.24, 2.45) is 0 Å². The Labute approximate surface area is 138 Å². The van der Waals surface area contributed by atoms with Crippen LogP contribution in [0.3, 0.4) is 0 Å². The van der Waals surface area contributed by atoms with Crippen LogP contribution in [0.4, 0.5) is 0 Å². The summed E-state index contributed by atoms with van der Waals surface area (Å²) in [6, 6.07) is 15.9. The number of carbonyl (C=O) groups excluding carboxylic acids is 1. The van der Waals surface area contributed by atoms with Crippen molar-refractivity contribution >= 4 is 5.91 Å². The van der Waals surface area contributed by atoms with Crippen LogP contribution < -0.4 is 15.0 Å². The number of hydrogen-bond acceptors (Lipinski definition) is 2. The van der Waals surface area contributed by atoms with Crippen LogP contribution in [0.15, 0.2) is 48.5 Å². The molecule has 0 saturated heterocycles. The van der Waals surface area contributed by atoms with Crippen molar-refractivity contribution in [1.29, 1.82) is 0 Å². The molecule has 0 aliphatic carbocycles. The molecule has 1 amide bonds. The third-order valence-corrected chi connectivity index (χ3v) is 3.50. The zero-order valence-corrected chi connectivity index (χ0v) is 14.1. The smallest absolute Gasteiger partial charge is 0.258 e. The lowest BCUT2D eigenvalue weighted by Crippen LogP contribution is -3.04. The fourth-order valence-corrected chi connectivity index (χ4v) is 2.38. The zero-order chi connectivity index (χ0) is 16.7. The lowest BCUT2D eigenvalue weighted by Gasteiger charge is -2.13. The predicted molar refractivity (Wildman–Crippen MR) is 91.5 cm³/mol. The van der Waals surface area contributed by atoms with Gasteiger partial charge < -0.3 is 15.0 Å². The first-order valence-corrected chi connectivity index (χ1v) is 7.86. The van der Waals surface area contributed by atoms with Crippen LogP contribution in [0.25, 0.3) is 0 Å². The van der Waals surface area contributed by atoms with E-state index in [-0.39, 0.29) is 12.5 Å². The Balaban J connectivity index is 1.85. The van der Waals surface area contributed by atoms with Crippen LogP contribution in [0.5, 0.6) is 5.75 Å². The van der Waals surface area contributed by atoms with Gasteiger partial charge in [0.05, 0.1) is 14.1 Å². The number of quaternary nitrogens is 1. The highest BCUT2D eigenvalue weighted by Gasteiger charge is 2.07. The molecule has 0 unspecified atom stereocenters. The minimum atomic E-state index is -0.112. The largest absolute Gasteiger partial charge is 0.484 e. The van der Waals surface area contributed by atoms with Crippen molar-refractivity contribution in [2.75, 3.05) is 20.7 Å². The molecule has 0 spiro atoms. The predicted octanol–water partition coefficient (Wildman–Crippen LogP) is 1.33. The Morgan fingerprint density at radius 2 is 1.83 bits per heavy atom. The van der Waals surface area contributed by atoms with Crippen LogP contribution in [0, 0.1) is 6.92 Å². The topological polar surface area (TPSA) is 42.8 Å². The average Bonchev–Trinajstić information content (AvgIpc) is 2.51. The van der Waals surface area contributed by atoms with Gasteiger partial charge in [-0.3, -0.25) is 4.79 Å². The Morgan fingerprint density at radius 1 is 1.09 bits per heavy atom. The molecule has 0 fully saturated rings. The molecule has 4 nitrogen and oxygen atoms in total. The molecule has 0 aromatic heterocycles. The monoisotopic (exact) mass is 313 g/mol. The quantitative estimate of drug-likeness (QED) is 0.810. The van der Waals surface area contributed by atoms with E-state index >= 15 is 0 Å². The second kappa shape index (κ2) is 8.34. The maximum atomic E-state index is 12.0. The van der Waals surface area contributed by atoms with Gasteiger partial charge >= 0.3 is 0 Å². The first kappa shape index (κ1) is 17.0. The van der Waals surface area contributed by atoms with E-state index in [0.29, 0.717) is 6.54 Å². The number of benzene rings is 2. The lowest BCUT2D eigenvalue weighted by atomic mass is 10.1. The Kier molecular flexibility index (Phi) is 6.18. The van der Waals surface area contributed by atoms with E-state index in [1.807, 2.05) is 43.3 Å². The van der Waals surface area contributed by atoms with Gasteiger partial charge in [-0.25, -0.2) is 0 Å². The summed E-state index contributed by atoms with van der Waals surface area (Å²) in [5, 5.41) is 2.92. The summed E-state index contributed by atoms with van der Waals surface area (Å²) in [5.74, 6) is 0.607. The molecule has 0 aliphatic rings. The standard InChI is InChI=1S/C19H24N2O2/c1-15-7-6-10-18(11-15)23-14-19(22)20-12-16-8-4-5-9-17(16)13-21(2)3/h4-11H,12-14H2,1-3H3,(H,20,22)/p+1. The summed E-state index contributed by atoms with van der Waals surface area (Å²) in [5.41, 5.74) is 3.52. The molecule has 0 radical (unpaired) electrons. The van der Waals surface area contributed by atoms with Crippen molar-refractivity contribution in [1.82, 2.24) is 5.32 Å². The third-order valence-electron chi connectivity index (χ3n) is 3.50. The van der Waals surface area contributed by atoms with Crippen molar-refractivity contribution in [3.8, 4) is 5.75 Å². The minimum Gasteiger partial charge on any atom is -0.484 e. The summed E-state index contributed by atoms with van der Waals surface area (Å²) in [7, 11) is 4.23. The molecule has 2 aromatic rings. The number of ether oxygens (including phenoxy) is 1. The Hall–Kier alpha value is -2.33. The van der Waals surface area contributed by atoms with Crippen LogP contribution in [-0.2, 0) is 17.9 Å². The highest BCUT2D eigenvalue weighted by Crippen LogP contribution is 2.12. The maximum Gasteiger partial charge on any atom is 0.258 e. The molecular weight excluding hydrogens is 288 g/mol. The van der Waals surface area contributed by atoms with Crippen molar-refractivity contribution in [2.45, 2.75) is 20.0 Å². The number of aryl methyl sites for hydroxylation is 1. The summed E-state index contributed by atoms with van der Waals surface area (Å²) < 4.78 is 5.52. The maximum absolute atomic E-state index is 12.0. The van der Waals surface area contributed by atoms with Gasteiger partial charge in [-0.15, -0.1) is 0 Å². The van der Waals surface area contributed by atoms with Crippen LogP contribution in [0.2, 0.25) is 0 Å². The number of hydrogen-bond donors (Lipinski definition) is 2. The molecule has 0 saturated carbocycles. The van der Waals surface area contributed by atoms with Crippen LogP contribution >= 0.6 is 0 Å². The van der Waals surface area contributed by atoms with Gasteiger partial charge in [-0.2, -0.15) is 0 Å². The van der Waals surface area contributed by atoms with Crippen LogP contribution in [0.1, 0.15) is 16.7 Å². The van der Waals surface area contributed by atoms with Gasteiger partial charge in [0.1, 0.15) is 12.3 Å². The van der Waals surface area contributed by atoms with Gasteiger partial charge in [0, 0.05) is 12.1 Å². The van der Waals surface area contributed by atoms with Crippen molar-refractivity contribution < 1.29 is 14.4 Å². The molecule has 4 heteroatoms. The number of amides is 1. The van der Waals surface area contributed by atoms with Gasteiger partial charge in [0.15, 0.2) is 6.61 Å². The molecule has 0 bridgehead atoms. The summed E-state index contributed by atoms with van der Waals surface area (Å²) >= 11 is 0. The number of rotatable bonds is 7. The van der Waals surface area contributed by atoms with Crippen molar-refractivity contribution in [3.63, 3.8) is 0 Å². The second-order valence-corrected chi connectivity index (χ2v) is 6.03. The highest BCUT2D eigenvalue weighted by atomic mass is 16.5. The molecule has 2 aromatic carbocycles. The van der Waals surface area contributed by atoms with E-state index in [1.165, 1.54) is 10.5 Å². The average molecular weight is 313 g/mol. The van der Waals surface area contributed by atoms with Gasteiger partial charge in [-0.05, 0) is 30.2 Å². The molecular formula is C19H25N2O2+. The van der Waals surface area contributed by atoms with Gasteiger partial charge in [-0.1, -0.05) is 36.4 Å². The SMILES string of the molecule is Cc1cccc(OCC(=O)NCc2ccccc2C[NH+](C)C)c1. The van der Waals surface area contributed by atoms with Gasteiger partial charge in [0.25, 0.3) is 5.91 Å². The summed E-state index contributed by atoms with van der Waals surface area (Å²) in [6.07, 6.45) is 0. The first-order valence-electron chi connectivity index (χ1n) is 7.86. The molecule has 23 heavy (non-hydrogen) atoms. The molecule has 2 rings (SSSR count). The zero-order valence-electron chi connectivity index (χ0n) is 14.1. The highest BCUT2D eigenvalue weighted by molar-refractivity contribution is 5.77. The molecule has 0 atom stereocenters. The normalized spacial score (nSPS) is 10.6. The number of carbonyl (C=O) groups is 1. The molecule has 2 N–H and O–H groups in total. The minimum absolute atomic E-state index is 0.0323. The summed E-state index contributed by atoms with van der Waals surface area (Å²) in [4.78, 5) is 13.3. The third kappa shape index (κ3) is 5.75. The van der Waals surface area contributed by atoms with Crippen LogP contribution in [-0.4, -0.2) is 26.6 Å². The first-order chi connectivity index (χ1) is 11.0. The fraction of sp³-hybridized carbons (Fsp3) is 0.316. The second-order valence-electron chi connectivity index (χ2n) is 6.03. The van der Waals surface area contributed by atoms with E-state index in [1.54, 1.807) is 0 Å². The van der Waals surface area contributed by atoms with Gasteiger partial charge in [0.2, 0.25) is 0 Å².